The fourth-order valence-electron chi connectivity index (χ4n) is 2.55. The molecule has 2 unspecified atom stereocenters. The Balaban J connectivity index is 1.82. The predicted octanol–water partition coefficient (Wildman–Crippen LogP) is 2.29. The second kappa shape index (κ2) is 5.02. The van der Waals surface area contributed by atoms with Crippen molar-refractivity contribution in [3.8, 4) is 11.5 Å². The van der Waals surface area contributed by atoms with Crippen LogP contribution in [0.15, 0.2) is 18.2 Å². The molecule has 1 fully saturated rings. The molecule has 19 heavy (non-hydrogen) atoms. The summed E-state index contributed by atoms with van der Waals surface area (Å²) in [6.45, 7) is 7.31. The standard InChI is InChI=1S/C15H21NO3/c1-3-15(2)10-16-9-14(19-15)11-4-5-12-13(8-11)18-7-6-17-12/h4-5,8,14,16H,3,6-7,9-10H2,1-2H3. The number of nitrogens with one attached hydrogen (secondary N) is 1. The molecule has 0 amide bonds. The molecule has 2 aliphatic heterocycles. The normalized spacial score (nSPS) is 30.1. The zero-order chi connectivity index (χ0) is 13.3. The molecule has 0 spiro atoms. The zero-order valence-electron chi connectivity index (χ0n) is 11.6. The summed E-state index contributed by atoms with van der Waals surface area (Å²) in [4.78, 5) is 0. The zero-order valence-corrected chi connectivity index (χ0v) is 11.6. The first-order valence-corrected chi connectivity index (χ1v) is 6.98. The van der Waals surface area contributed by atoms with Gasteiger partial charge in [-0.15, -0.1) is 0 Å². The van der Waals surface area contributed by atoms with Crippen LogP contribution < -0.4 is 14.8 Å². The fraction of sp³-hybridized carbons (Fsp3) is 0.600. The van der Waals surface area contributed by atoms with Gasteiger partial charge in [0.2, 0.25) is 0 Å². The maximum atomic E-state index is 6.24. The topological polar surface area (TPSA) is 39.7 Å². The van der Waals surface area contributed by atoms with Gasteiger partial charge in [0.15, 0.2) is 11.5 Å². The molecule has 2 atom stereocenters. The molecular weight excluding hydrogens is 242 g/mol. The molecular formula is C15H21NO3. The SMILES string of the molecule is CCC1(C)CNCC(c2ccc3c(c2)OCCO3)O1. The van der Waals surface area contributed by atoms with Crippen LogP contribution in [0.3, 0.4) is 0 Å². The van der Waals surface area contributed by atoms with Gasteiger partial charge >= 0.3 is 0 Å². The molecule has 1 aromatic rings. The molecule has 4 nitrogen and oxygen atoms in total. The van der Waals surface area contributed by atoms with E-state index in [4.69, 9.17) is 14.2 Å². The lowest BCUT2D eigenvalue weighted by molar-refractivity contribution is -0.109. The molecule has 0 aromatic heterocycles. The highest BCUT2D eigenvalue weighted by molar-refractivity contribution is 5.44. The van der Waals surface area contributed by atoms with Crippen molar-refractivity contribution in [2.75, 3.05) is 26.3 Å². The molecule has 1 N–H and O–H groups in total. The van der Waals surface area contributed by atoms with Crippen LogP contribution >= 0.6 is 0 Å². The lowest BCUT2D eigenvalue weighted by Gasteiger charge is -2.39. The van der Waals surface area contributed by atoms with Gasteiger partial charge in [0.05, 0.1) is 11.7 Å². The highest BCUT2D eigenvalue weighted by Gasteiger charge is 2.32. The number of rotatable bonds is 2. The van der Waals surface area contributed by atoms with Gasteiger partial charge in [0.1, 0.15) is 13.2 Å². The van der Waals surface area contributed by atoms with Crippen molar-refractivity contribution in [3.05, 3.63) is 23.8 Å². The number of hydrogen-bond acceptors (Lipinski definition) is 4. The molecule has 1 aromatic carbocycles. The Kier molecular flexibility index (Phi) is 3.37. The van der Waals surface area contributed by atoms with Crippen molar-refractivity contribution in [1.29, 1.82) is 0 Å². The van der Waals surface area contributed by atoms with E-state index in [-0.39, 0.29) is 11.7 Å². The first-order chi connectivity index (χ1) is 9.20. The Morgan fingerprint density at radius 2 is 2.05 bits per heavy atom. The molecule has 0 bridgehead atoms. The second-order valence-electron chi connectivity index (χ2n) is 5.44. The van der Waals surface area contributed by atoms with E-state index >= 15 is 0 Å². The Hall–Kier alpha value is -1.26. The Labute approximate surface area is 114 Å². The van der Waals surface area contributed by atoms with Crippen LogP contribution in [0.4, 0.5) is 0 Å². The largest absolute Gasteiger partial charge is 0.486 e. The fourth-order valence-corrected chi connectivity index (χ4v) is 2.55. The summed E-state index contributed by atoms with van der Waals surface area (Å²) in [5.74, 6) is 1.66. The third kappa shape index (κ3) is 2.55. The van der Waals surface area contributed by atoms with Gasteiger partial charge in [-0.25, -0.2) is 0 Å². The summed E-state index contributed by atoms with van der Waals surface area (Å²) >= 11 is 0. The maximum absolute atomic E-state index is 6.24. The summed E-state index contributed by atoms with van der Waals surface area (Å²) in [6.07, 6.45) is 1.08. The monoisotopic (exact) mass is 263 g/mol. The van der Waals surface area contributed by atoms with Crippen LogP contribution in [0.25, 0.3) is 0 Å². The second-order valence-corrected chi connectivity index (χ2v) is 5.44. The quantitative estimate of drug-likeness (QED) is 0.888. The molecule has 104 valence electrons. The van der Waals surface area contributed by atoms with Crippen molar-refractivity contribution >= 4 is 0 Å². The van der Waals surface area contributed by atoms with Crippen molar-refractivity contribution < 1.29 is 14.2 Å². The van der Waals surface area contributed by atoms with Gasteiger partial charge in [-0.05, 0) is 31.0 Å². The van der Waals surface area contributed by atoms with E-state index in [0.717, 1.165) is 36.6 Å². The molecule has 0 aliphatic carbocycles. The smallest absolute Gasteiger partial charge is 0.161 e. The molecule has 0 saturated carbocycles. The van der Waals surface area contributed by atoms with E-state index in [1.54, 1.807) is 0 Å². The van der Waals surface area contributed by atoms with Crippen LogP contribution in [0.1, 0.15) is 31.9 Å². The van der Waals surface area contributed by atoms with Crippen LogP contribution in [0.5, 0.6) is 11.5 Å². The minimum atomic E-state index is -0.0871. The van der Waals surface area contributed by atoms with Crippen molar-refractivity contribution in [3.63, 3.8) is 0 Å². The van der Waals surface area contributed by atoms with Crippen molar-refractivity contribution in [2.45, 2.75) is 32.0 Å². The van der Waals surface area contributed by atoms with E-state index in [1.807, 2.05) is 12.1 Å². The highest BCUT2D eigenvalue weighted by atomic mass is 16.6. The molecule has 2 heterocycles. The maximum Gasteiger partial charge on any atom is 0.161 e. The lowest BCUT2D eigenvalue weighted by atomic mass is 9.98. The number of fused-ring (bicyclic) bond motifs is 1. The minimum absolute atomic E-state index is 0.0783. The summed E-state index contributed by atoms with van der Waals surface area (Å²) < 4.78 is 17.4. The Morgan fingerprint density at radius 1 is 1.26 bits per heavy atom. The van der Waals surface area contributed by atoms with Crippen LogP contribution in [0, 0.1) is 0 Å². The van der Waals surface area contributed by atoms with Gasteiger partial charge < -0.3 is 19.5 Å². The number of morpholine rings is 1. The number of ether oxygens (including phenoxy) is 3. The number of benzene rings is 1. The summed E-state index contributed by atoms with van der Waals surface area (Å²) in [5.41, 5.74) is 1.06. The van der Waals surface area contributed by atoms with Gasteiger partial charge in [-0.3, -0.25) is 0 Å². The lowest BCUT2D eigenvalue weighted by Crippen LogP contribution is -2.48. The third-order valence-electron chi connectivity index (χ3n) is 3.94. The Morgan fingerprint density at radius 3 is 2.84 bits per heavy atom. The van der Waals surface area contributed by atoms with Crippen molar-refractivity contribution in [1.82, 2.24) is 5.32 Å². The van der Waals surface area contributed by atoms with Gasteiger partial charge in [0, 0.05) is 13.1 Å². The van der Waals surface area contributed by atoms with E-state index in [2.05, 4.69) is 25.2 Å². The molecule has 2 aliphatic rings. The van der Waals surface area contributed by atoms with E-state index < -0.39 is 0 Å². The van der Waals surface area contributed by atoms with Gasteiger partial charge in [-0.2, -0.15) is 0 Å². The first kappa shape index (κ1) is 12.8. The average Bonchev–Trinajstić information content (AvgIpc) is 2.47. The number of hydrogen-bond donors (Lipinski definition) is 1. The molecule has 1 saturated heterocycles. The van der Waals surface area contributed by atoms with E-state index in [1.165, 1.54) is 0 Å². The van der Waals surface area contributed by atoms with Gasteiger partial charge in [0.25, 0.3) is 0 Å². The van der Waals surface area contributed by atoms with Crippen LogP contribution in [-0.2, 0) is 4.74 Å². The summed E-state index contributed by atoms with van der Waals surface area (Å²) in [7, 11) is 0. The molecule has 3 rings (SSSR count). The predicted molar refractivity (Wildman–Crippen MR) is 72.8 cm³/mol. The summed E-state index contributed by atoms with van der Waals surface area (Å²) in [5, 5.41) is 3.46. The Bertz CT molecular complexity index is 463. The minimum Gasteiger partial charge on any atom is -0.486 e. The van der Waals surface area contributed by atoms with Crippen LogP contribution in [-0.4, -0.2) is 31.9 Å². The van der Waals surface area contributed by atoms with E-state index in [9.17, 15) is 0 Å². The average molecular weight is 263 g/mol. The van der Waals surface area contributed by atoms with E-state index in [0.29, 0.717) is 13.2 Å². The molecule has 4 heteroatoms. The first-order valence-electron chi connectivity index (χ1n) is 6.98. The highest BCUT2D eigenvalue weighted by Crippen LogP contribution is 2.36. The van der Waals surface area contributed by atoms with Crippen molar-refractivity contribution in [2.24, 2.45) is 0 Å². The molecule has 0 radical (unpaired) electrons. The van der Waals surface area contributed by atoms with Gasteiger partial charge in [-0.1, -0.05) is 13.0 Å². The third-order valence-corrected chi connectivity index (χ3v) is 3.94. The summed E-state index contributed by atoms with van der Waals surface area (Å²) in [6, 6.07) is 6.09. The van der Waals surface area contributed by atoms with Crippen LogP contribution in [0.2, 0.25) is 0 Å².